The number of aliphatic carboxylic acids is 1. The normalized spacial score (nSPS) is 16.9. The average Bonchev–Trinajstić information content (AvgIpc) is 2.59. The first kappa shape index (κ1) is 19.6. The fourth-order valence-corrected chi connectivity index (χ4v) is 4.21. The number of piperazine rings is 1. The summed E-state index contributed by atoms with van der Waals surface area (Å²) in [5, 5.41) is 8.62. The van der Waals surface area contributed by atoms with Gasteiger partial charge >= 0.3 is 5.97 Å². The molecule has 0 bridgehead atoms. The lowest BCUT2D eigenvalue weighted by atomic mass is 10.1. The lowest BCUT2D eigenvalue weighted by Crippen LogP contribution is -2.50. The summed E-state index contributed by atoms with van der Waals surface area (Å²) >= 11 is 0. The monoisotopic (exact) mass is 368 g/mol. The summed E-state index contributed by atoms with van der Waals surface area (Å²) in [4.78, 5) is 24.8. The first-order chi connectivity index (χ1) is 11.7. The van der Waals surface area contributed by atoms with Crippen LogP contribution in [0.15, 0.2) is 29.2 Å². The molecule has 0 spiro atoms. The first-order valence-corrected chi connectivity index (χ1v) is 9.75. The van der Waals surface area contributed by atoms with Crippen molar-refractivity contribution in [3.63, 3.8) is 0 Å². The molecule has 7 nitrogen and oxygen atoms in total. The maximum absolute atomic E-state index is 12.7. The van der Waals surface area contributed by atoms with Crippen LogP contribution in [-0.4, -0.2) is 66.7 Å². The van der Waals surface area contributed by atoms with Gasteiger partial charge in [-0.2, -0.15) is 4.31 Å². The molecule has 138 valence electrons. The van der Waals surface area contributed by atoms with E-state index in [1.807, 2.05) is 0 Å². The number of benzene rings is 1. The average molecular weight is 368 g/mol. The molecule has 2 rings (SSSR count). The van der Waals surface area contributed by atoms with Crippen molar-refractivity contribution in [2.45, 2.75) is 37.6 Å². The minimum absolute atomic E-state index is 0.0986. The van der Waals surface area contributed by atoms with Crippen molar-refractivity contribution in [2.75, 3.05) is 26.2 Å². The van der Waals surface area contributed by atoms with Crippen molar-refractivity contribution in [1.82, 2.24) is 9.21 Å². The molecule has 0 unspecified atom stereocenters. The minimum atomic E-state index is -3.58. The van der Waals surface area contributed by atoms with Crippen LogP contribution in [0.2, 0.25) is 0 Å². The molecule has 0 aliphatic carbocycles. The standard InChI is InChI=1S/C17H24N2O5S/c1-13(2)18-9-11-19(12-10-18)25(23,24)15-5-3-14(4-6-15)16(20)7-8-17(21)22/h3-6,13H,7-12H2,1-2H3,(H,21,22). The van der Waals surface area contributed by atoms with Crippen molar-refractivity contribution >= 4 is 21.8 Å². The minimum Gasteiger partial charge on any atom is -0.481 e. The molecule has 1 aromatic carbocycles. The van der Waals surface area contributed by atoms with Gasteiger partial charge in [-0.15, -0.1) is 0 Å². The molecule has 1 N–H and O–H groups in total. The number of sulfonamides is 1. The van der Waals surface area contributed by atoms with Crippen molar-refractivity contribution < 1.29 is 23.1 Å². The Morgan fingerprint density at radius 2 is 1.60 bits per heavy atom. The molecule has 0 saturated carbocycles. The molecule has 1 heterocycles. The Morgan fingerprint density at radius 1 is 1.04 bits per heavy atom. The number of hydrogen-bond acceptors (Lipinski definition) is 5. The lowest BCUT2D eigenvalue weighted by molar-refractivity contribution is -0.136. The number of Topliss-reactive ketones (excluding diaryl/α,β-unsaturated/α-hetero) is 1. The van der Waals surface area contributed by atoms with E-state index in [0.717, 1.165) is 0 Å². The Morgan fingerprint density at radius 3 is 2.08 bits per heavy atom. The van der Waals surface area contributed by atoms with Gasteiger partial charge in [0.25, 0.3) is 0 Å². The molecule has 25 heavy (non-hydrogen) atoms. The Hall–Kier alpha value is -1.77. The van der Waals surface area contributed by atoms with E-state index in [2.05, 4.69) is 18.7 Å². The first-order valence-electron chi connectivity index (χ1n) is 8.31. The zero-order valence-corrected chi connectivity index (χ0v) is 15.3. The van der Waals surface area contributed by atoms with Crippen molar-refractivity contribution in [2.24, 2.45) is 0 Å². The molecule has 0 aromatic heterocycles. The third-order valence-electron chi connectivity index (χ3n) is 4.38. The van der Waals surface area contributed by atoms with E-state index in [0.29, 0.717) is 37.8 Å². The summed E-state index contributed by atoms with van der Waals surface area (Å²) in [7, 11) is -3.58. The largest absolute Gasteiger partial charge is 0.481 e. The SMILES string of the molecule is CC(C)N1CCN(S(=O)(=O)c2ccc(C(=O)CCC(=O)O)cc2)CC1. The zero-order valence-electron chi connectivity index (χ0n) is 14.5. The Balaban J connectivity index is 2.05. The number of ketones is 1. The quantitative estimate of drug-likeness (QED) is 0.732. The highest BCUT2D eigenvalue weighted by Crippen LogP contribution is 2.19. The number of nitrogens with zero attached hydrogens (tertiary/aromatic N) is 2. The number of carboxylic acids is 1. The van der Waals surface area contributed by atoms with Gasteiger partial charge in [-0.1, -0.05) is 12.1 Å². The third kappa shape index (κ3) is 4.87. The summed E-state index contributed by atoms with van der Waals surface area (Å²) in [5.41, 5.74) is 0.324. The zero-order chi connectivity index (χ0) is 18.6. The third-order valence-corrected chi connectivity index (χ3v) is 6.30. The second-order valence-corrected chi connectivity index (χ2v) is 8.31. The second kappa shape index (κ2) is 8.07. The fraction of sp³-hybridized carbons (Fsp3) is 0.529. The van der Waals surface area contributed by atoms with Crippen LogP contribution in [-0.2, 0) is 14.8 Å². The molecule has 1 aliphatic heterocycles. The second-order valence-electron chi connectivity index (χ2n) is 6.38. The number of carbonyl (C=O) groups excluding carboxylic acids is 1. The molecular weight excluding hydrogens is 344 g/mol. The number of rotatable bonds is 7. The van der Waals surface area contributed by atoms with Gasteiger partial charge < -0.3 is 5.11 Å². The molecule has 0 radical (unpaired) electrons. The van der Waals surface area contributed by atoms with Crippen molar-refractivity contribution in [1.29, 1.82) is 0 Å². The summed E-state index contributed by atoms with van der Waals surface area (Å²) in [5.74, 6) is -1.34. The molecule has 1 saturated heterocycles. The van der Waals surface area contributed by atoms with Crippen molar-refractivity contribution in [3.8, 4) is 0 Å². The number of carbonyl (C=O) groups is 2. The van der Waals surface area contributed by atoms with Gasteiger partial charge in [-0.25, -0.2) is 8.42 Å². The van der Waals surface area contributed by atoms with E-state index in [9.17, 15) is 18.0 Å². The van der Waals surface area contributed by atoms with Gasteiger partial charge in [0.1, 0.15) is 0 Å². The van der Waals surface area contributed by atoms with Gasteiger partial charge in [-0.3, -0.25) is 14.5 Å². The Kier molecular flexibility index (Phi) is 6.31. The highest BCUT2D eigenvalue weighted by molar-refractivity contribution is 7.89. The van der Waals surface area contributed by atoms with Crippen LogP contribution in [0.5, 0.6) is 0 Å². The van der Waals surface area contributed by atoms with E-state index in [1.165, 1.54) is 28.6 Å². The molecule has 0 amide bonds. The van der Waals surface area contributed by atoms with Crippen LogP contribution in [0.1, 0.15) is 37.0 Å². The molecule has 0 atom stereocenters. The number of hydrogen-bond donors (Lipinski definition) is 1. The van der Waals surface area contributed by atoms with Crippen molar-refractivity contribution in [3.05, 3.63) is 29.8 Å². The summed E-state index contributed by atoms with van der Waals surface area (Å²) < 4.78 is 26.9. The predicted molar refractivity (Wildman–Crippen MR) is 93.1 cm³/mol. The Bertz CT molecular complexity index is 720. The van der Waals surface area contributed by atoms with Gasteiger partial charge in [0.15, 0.2) is 5.78 Å². The fourth-order valence-electron chi connectivity index (χ4n) is 2.79. The smallest absolute Gasteiger partial charge is 0.303 e. The van der Waals surface area contributed by atoms with E-state index in [4.69, 9.17) is 5.11 Å². The van der Waals surface area contributed by atoms with Gasteiger partial charge in [0.05, 0.1) is 11.3 Å². The van der Waals surface area contributed by atoms with Crippen LogP contribution in [0.25, 0.3) is 0 Å². The van der Waals surface area contributed by atoms with E-state index >= 15 is 0 Å². The summed E-state index contributed by atoms with van der Waals surface area (Å²) in [6, 6.07) is 6.11. The summed E-state index contributed by atoms with van der Waals surface area (Å²) in [6.07, 6.45) is -0.336. The van der Waals surface area contributed by atoms with E-state index in [-0.39, 0.29) is 23.5 Å². The van der Waals surface area contributed by atoms with Crippen LogP contribution in [0.3, 0.4) is 0 Å². The number of carboxylic acid groups (broad SMARTS) is 1. The van der Waals surface area contributed by atoms with Crippen LogP contribution >= 0.6 is 0 Å². The van der Waals surface area contributed by atoms with Gasteiger partial charge in [-0.05, 0) is 26.0 Å². The highest BCUT2D eigenvalue weighted by Gasteiger charge is 2.29. The Labute approximate surface area is 148 Å². The summed E-state index contributed by atoms with van der Waals surface area (Å²) in [6.45, 7) is 6.46. The van der Waals surface area contributed by atoms with E-state index < -0.39 is 16.0 Å². The highest BCUT2D eigenvalue weighted by atomic mass is 32.2. The molecule has 1 aromatic rings. The topological polar surface area (TPSA) is 95.0 Å². The predicted octanol–water partition coefficient (Wildman–Crippen LogP) is 1.45. The van der Waals surface area contributed by atoms with Crippen LogP contribution < -0.4 is 0 Å². The van der Waals surface area contributed by atoms with Gasteiger partial charge in [0, 0.05) is 44.2 Å². The van der Waals surface area contributed by atoms with Gasteiger partial charge in [0.2, 0.25) is 10.0 Å². The maximum atomic E-state index is 12.7. The van der Waals surface area contributed by atoms with E-state index in [1.54, 1.807) is 0 Å². The molecule has 1 fully saturated rings. The maximum Gasteiger partial charge on any atom is 0.303 e. The van der Waals surface area contributed by atoms with Crippen LogP contribution in [0.4, 0.5) is 0 Å². The molecule has 8 heteroatoms. The molecular formula is C17H24N2O5S. The lowest BCUT2D eigenvalue weighted by Gasteiger charge is -2.36. The van der Waals surface area contributed by atoms with Crippen LogP contribution in [0, 0.1) is 0 Å². The molecule has 1 aliphatic rings.